The Kier molecular flexibility index (Phi) is 7.79. The molecule has 0 saturated carbocycles. The van der Waals surface area contributed by atoms with Crippen molar-refractivity contribution in [2.75, 3.05) is 33.3 Å². The fourth-order valence-electron chi connectivity index (χ4n) is 3.36. The first-order valence-electron chi connectivity index (χ1n) is 9.48. The Morgan fingerprint density at radius 1 is 1.22 bits per heavy atom. The number of likely N-dealkylation sites (tertiary alicyclic amines) is 1. The Balaban J connectivity index is 1.97. The number of nitrogens with one attached hydrogen (secondary N) is 1. The van der Waals surface area contributed by atoms with Gasteiger partial charge in [-0.25, -0.2) is 0 Å². The number of rotatable bonds is 10. The molecule has 0 aromatic heterocycles. The average Bonchev–Trinajstić information content (AvgIpc) is 3.01. The van der Waals surface area contributed by atoms with Crippen molar-refractivity contribution in [1.82, 2.24) is 15.1 Å². The molecule has 1 aromatic rings. The van der Waals surface area contributed by atoms with Crippen LogP contribution < -0.4 is 10.1 Å². The predicted molar refractivity (Wildman–Crippen MR) is 102 cm³/mol. The van der Waals surface area contributed by atoms with E-state index in [4.69, 9.17) is 4.74 Å². The highest BCUT2D eigenvalue weighted by molar-refractivity contribution is 6.02. The molecule has 1 unspecified atom stereocenters. The fraction of sp³-hybridized carbons (Fsp3) is 0.550. The molecule has 2 rings (SSSR count). The number of carbonyl (C=O) groups is 3. The Morgan fingerprint density at radius 2 is 1.89 bits per heavy atom. The summed E-state index contributed by atoms with van der Waals surface area (Å²) in [6.45, 7) is 6.48. The molecule has 1 atom stereocenters. The molecule has 1 N–H and O–H groups in total. The van der Waals surface area contributed by atoms with Gasteiger partial charge in [0.25, 0.3) is 0 Å². The van der Waals surface area contributed by atoms with Gasteiger partial charge in [0.1, 0.15) is 5.75 Å². The van der Waals surface area contributed by atoms with E-state index in [-0.39, 0.29) is 49.6 Å². The fourth-order valence-corrected chi connectivity index (χ4v) is 3.36. The second-order valence-electron chi connectivity index (χ2n) is 6.51. The van der Waals surface area contributed by atoms with Gasteiger partial charge in [0.05, 0.1) is 13.2 Å². The zero-order valence-electron chi connectivity index (χ0n) is 16.4. The van der Waals surface area contributed by atoms with Gasteiger partial charge >= 0.3 is 0 Å². The second-order valence-corrected chi connectivity index (χ2v) is 6.51. The molecule has 1 aromatic carbocycles. The number of methoxy groups -OCH3 is 1. The van der Waals surface area contributed by atoms with Gasteiger partial charge < -0.3 is 10.1 Å². The van der Waals surface area contributed by atoms with Gasteiger partial charge in [-0.2, -0.15) is 0 Å². The minimum atomic E-state index is -0.190. The second kappa shape index (κ2) is 10.1. The van der Waals surface area contributed by atoms with Crippen LogP contribution in [0.25, 0.3) is 0 Å². The first-order chi connectivity index (χ1) is 13.0. The Hall–Kier alpha value is -2.41. The highest BCUT2D eigenvalue weighted by Gasteiger charge is 2.29. The van der Waals surface area contributed by atoms with Gasteiger partial charge in [0, 0.05) is 32.4 Å². The van der Waals surface area contributed by atoms with Crippen LogP contribution in [-0.4, -0.2) is 60.8 Å². The molecule has 1 aliphatic rings. The monoisotopic (exact) mass is 375 g/mol. The molecule has 7 nitrogen and oxygen atoms in total. The zero-order valence-corrected chi connectivity index (χ0v) is 16.4. The van der Waals surface area contributed by atoms with Crippen molar-refractivity contribution in [3.63, 3.8) is 0 Å². The number of benzene rings is 1. The molecule has 148 valence electrons. The first kappa shape index (κ1) is 20.9. The standard InChI is InChI=1S/C20H29N3O4/c1-4-22(5-2)17(15-7-6-8-16(13-15)27-3)14-21-18(24)11-12-23-19(25)9-10-20(23)26/h6-8,13,17H,4-5,9-12,14H2,1-3H3,(H,21,24). The van der Waals surface area contributed by atoms with Gasteiger partial charge in [0.2, 0.25) is 17.7 Å². The van der Waals surface area contributed by atoms with E-state index < -0.39 is 0 Å². The average molecular weight is 375 g/mol. The maximum absolute atomic E-state index is 12.3. The lowest BCUT2D eigenvalue weighted by Crippen LogP contribution is -2.39. The number of nitrogens with zero attached hydrogens (tertiary/aromatic N) is 2. The Bertz CT molecular complexity index is 657. The lowest BCUT2D eigenvalue weighted by Gasteiger charge is -2.30. The van der Waals surface area contributed by atoms with E-state index in [1.165, 1.54) is 4.90 Å². The van der Waals surface area contributed by atoms with Gasteiger partial charge in [0.15, 0.2) is 0 Å². The van der Waals surface area contributed by atoms with Gasteiger partial charge in [-0.15, -0.1) is 0 Å². The quantitative estimate of drug-likeness (QED) is 0.630. The van der Waals surface area contributed by atoms with Gasteiger partial charge in [-0.3, -0.25) is 24.2 Å². The first-order valence-corrected chi connectivity index (χ1v) is 9.48. The van der Waals surface area contributed by atoms with Gasteiger partial charge in [-0.05, 0) is 30.8 Å². The summed E-state index contributed by atoms with van der Waals surface area (Å²) >= 11 is 0. The van der Waals surface area contributed by atoms with E-state index in [1.54, 1.807) is 7.11 Å². The topological polar surface area (TPSA) is 79.0 Å². The normalized spacial score (nSPS) is 15.3. The number of hydrogen-bond acceptors (Lipinski definition) is 5. The van der Waals surface area contributed by atoms with E-state index in [0.29, 0.717) is 6.54 Å². The summed E-state index contributed by atoms with van der Waals surface area (Å²) < 4.78 is 5.32. The van der Waals surface area contributed by atoms with Crippen molar-refractivity contribution in [3.05, 3.63) is 29.8 Å². The number of amides is 3. The molecule has 0 radical (unpaired) electrons. The van der Waals surface area contributed by atoms with Crippen LogP contribution in [0.2, 0.25) is 0 Å². The molecule has 27 heavy (non-hydrogen) atoms. The summed E-state index contributed by atoms with van der Waals surface area (Å²) in [7, 11) is 1.63. The Labute approximate surface area is 160 Å². The van der Waals surface area contributed by atoms with Crippen molar-refractivity contribution >= 4 is 17.7 Å². The van der Waals surface area contributed by atoms with E-state index in [2.05, 4.69) is 24.1 Å². The van der Waals surface area contributed by atoms with E-state index in [1.807, 2.05) is 24.3 Å². The molecule has 7 heteroatoms. The van der Waals surface area contributed by atoms with E-state index >= 15 is 0 Å². The third-order valence-corrected chi connectivity index (χ3v) is 4.94. The highest BCUT2D eigenvalue weighted by atomic mass is 16.5. The predicted octanol–water partition coefficient (Wildman–Crippen LogP) is 1.73. The minimum Gasteiger partial charge on any atom is -0.497 e. The summed E-state index contributed by atoms with van der Waals surface area (Å²) in [4.78, 5) is 39.0. The molecule has 0 aliphatic carbocycles. The minimum absolute atomic E-state index is 0.0223. The van der Waals surface area contributed by atoms with Crippen LogP contribution in [0.1, 0.15) is 44.7 Å². The van der Waals surface area contributed by atoms with E-state index in [0.717, 1.165) is 24.4 Å². The number of likely N-dealkylation sites (N-methyl/N-ethyl adjacent to an activating group) is 1. The van der Waals surface area contributed by atoms with Crippen LogP contribution in [0.3, 0.4) is 0 Å². The molecule has 0 spiro atoms. The molecule has 3 amide bonds. The third kappa shape index (κ3) is 5.53. The lowest BCUT2D eigenvalue weighted by atomic mass is 10.0. The molecule has 1 aliphatic heterocycles. The summed E-state index contributed by atoms with van der Waals surface area (Å²) in [5, 5.41) is 2.95. The van der Waals surface area contributed by atoms with Crippen LogP contribution in [0, 0.1) is 0 Å². The number of ether oxygens (including phenoxy) is 1. The highest BCUT2D eigenvalue weighted by Crippen LogP contribution is 2.24. The third-order valence-electron chi connectivity index (χ3n) is 4.94. The largest absolute Gasteiger partial charge is 0.497 e. The van der Waals surface area contributed by atoms with Crippen LogP contribution in [0.15, 0.2) is 24.3 Å². The van der Waals surface area contributed by atoms with Crippen molar-refractivity contribution in [1.29, 1.82) is 0 Å². The van der Waals surface area contributed by atoms with Crippen LogP contribution >= 0.6 is 0 Å². The number of carbonyl (C=O) groups excluding carboxylic acids is 3. The number of imide groups is 1. The summed E-state index contributed by atoms with van der Waals surface area (Å²) in [6.07, 6.45) is 0.626. The molecule has 1 fully saturated rings. The molecular formula is C20H29N3O4. The maximum atomic E-state index is 12.3. The maximum Gasteiger partial charge on any atom is 0.229 e. The van der Waals surface area contributed by atoms with Gasteiger partial charge in [-0.1, -0.05) is 26.0 Å². The molecule has 1 saturated heterocycles. The van der Waals surface area contributed by atoms with E-state index in [9.17, 15) is 14.4 Å². The molecule has 1 heterocycles. The van der Waals surface area contributed by atoms with Crippen LogP contribution in [-0.2, 0) is 14.4 Å². The van der Waals surface area contributed by atoms with Crippen molar-refractivity contribution < 1.29 is 19.1 Å². The summed E-state index contributed by atoms with van der Waals surface area (Å²) in [6, 6.07) is 7.87. The lowest BCUT2D eigenvalue weighted by molar-refractivity contribution is -0.138. The molecule has 0 bridgehead atoms. The SMILES string of the molecule is CCN(CC)C(CNC(=O)CCN1C(=O)CCC1=O)c1cccc(OC)c1. The summed E-state index contributed by atoms with van der Waals surface area (Å²) in [5.74, 6) is 0.236. The zero-order chi connectivity index (χ0) is 19.8. The van der Waals surface area contributed by atoms with Crippen LogP contribution in [0.5, 0.6) is 5.75 Å². The smallest absolute Gasteiger partial charge is 0.229 e. The number of hydrogen-bond donors (Lipinski definition) is 1. The van der Waals surface area contributed by atoms with Crippen molar-refractivity contribution in [2.45, 2.75) is 39.2 Å². The van der Waals surface area contributed by atoms with Crippen molar-refractivity contribution in [2.24, 2.45) is 0 Å². The summed E-state index contributed by atoms with van der Waals surface area (Å²) in [5.41, 5.74) is 1.07. The van der Waals surface area contributed by atoms with Crippen LogP contribution in [0.4, 0.5) is 0 Å². The van der Waals surface area contributed by atoms with Crippen molar-refractivity contribution in [3.8, 4) is 5.75 Å². The Morgan fingerprint density at radius 3 is 2.48 bits per heavy atom. The molecular weight excluding hydrogens is 346 g/mol.